The van der Waals surface area contributed by atoms with E-state index in [1.165, 1.54) is 0 Å². The molecular formula is C14H17N5. The number of nitrogens with two attached hydrogens (primary N) is 1. The summed E-state index contributed by atoms with van der Waals surface area (Å²) in [5.74, 6) is 1.33. The Balaban J connectivity index is 2.33. The molecule has 0 aliphatic carbocycles. The van der Waals surface area contributed by atoms with E-state index in [4.69, 9.17) is 5.73 Å². The van der Waals surface area contributed by atoms with Crippen LogP contribution in [-0.2, 0) is 6.54 Å². The molecule has 1 aromatic heterocycles. The minimum Gasteiger partial charge on any atom is -0.383 e. The maximum Gasteiger partial charge on any atom is 0.172 e. The van der Waals surface area contributed by atoms with Crippen LogP contribution in [0.15, 0.2) is 30.3 Å². The van der Waals surface area contributed by atoms with Gasteiger partial charge in [0.25, 0.3) is 0 Å². The summed E-state index contributed by atoms with van der Waals surface area (Å²) in [5, 5.41) is 16.7. The van der Waals surface area contributed by atoms with Crippen LogP contribution in [0, 0.1) is 17.2 Å². The van der Waals surface area contributed by atoms with Gasteiger partial charge in [0.15, 0.2) is 5.82 Å². The van der Waals surface area contributed by atoms with Crippen molar-refractivity contribution < 1.29 is 0 Å². The third-order valence-electron chi connectivity index (χ3n) is 2.68. The summed E-state index contributed by atoms with van der Waals surface area (Å²) in [4.78, 5) is 0. The van der Waals surface area contributed by atoms with Gasteiger partial charge in [-0.2, -0.15) is 10.4 Å². The van der Waals surface area contributed by atoms with Gasteiger partial charge in [-0.25, -0.2) is 4.68 Å². The van der Waals surface area contributed by atoms with Gasteiger partial charge in [-0.05, 0) is 18.1 Å². The Morgan fingerprint density at radius 3 is 2.63 bits per heavy atom. The van der Waals surface area contributed by atoms with Crippen molar-refractivity contribution in [3.8, 4) is 6.07 Å². The molecular weight excluding hydrogens is 238 g/mol. The van der Waals surface area contributed by atoms with Crippen molar-refractivity contribution in [2.45, 2.75) is 20.4 Å². The van der Waals surface area contributed by atoms with Gasteiger partial charge in [0.2, 0.25) is 0 Å². The summed E-state index contributed by atoms with van der Waals surface area (Å²) in [7, 11) is 0. The molecule has 19 heavy (non-hydrogen) atoms. The van der Waals surface area contributed by atoms with E-state index in [-0.39, 0.29) is 0 Å². The number of para-hydroxylation sites is 1. The summed E-state index contributed by atoms with van der Waals surface area (Å²) in [6.45, 7) is 4.85. The largest absolute Gasteiger partial charge is 0.383 e. The molecule has 0 saturated heterocycles. The average molecular weight is 255 g/mol. The average Bonchev–Trinajstić information content (AvgIpc) is 2.66. The number of rotatable bonds is 4. The molecule has 5 nitrogen and oxygen atoms in total. The lowest BCUT2D eigenvalue weighted by Gasteiger charge is -2.06. The first-order chi connectivity index (χ1) is 9.11. The van der Waals surface area contributed by atoms with Crippen LogP contribution in [0.2, 0.25) is 0 Å². The van der Waals surface area contributed by atoms with Crippen LogP contribution in [0.5, 0.6) is 0 Å². The van der Waals surface area contributed by atoms with E-state index in [1.54, 1.807) is 4.68 Å². The topological polar surface area (TPSA) is 79.7 Å². The molecule has 98 valence electrons. The normalized spacial score (nSPS) is 10.4. The van der Waals surface area contributed by atoms with E-state index in [9.17, 15) is 5.26 Å². The number of nitrogens with one attached hydrogen (secondary N) is 1. The lowest BCUT2D eigenvalue weighted by Crippen LogP contribution is -2.09. The molecule has 0 amide bonds. The lowest BCUT2D eigenvalue weighted by atomic mass is 10.2. The fraction of sp³-hybridized carbons (Fsp3) is 0.286. The second-order valence-electron chi connectivity index (χ2n) is 4.79. The fourth-order valence-corrected chi connectivity index (χ4v) is 1.82. The highest BCUT2D eigenvalue weighted by Gasteiger charge is 2.16. The highest BCUT2D eigenvalue weighted by Crippen LogP contribution is 2.24. The molecule has 3 N–H and O–H groups in total. The van der Waals surface area contributed by atoms with Crippen molar-refractivity contribution in [2.24, 2.45) is 5.92 Å². The predicted molar refractivity (Wildman–Crippen MR) is 75.9 cm³/mol. The molecule has 2 aromatic rings. The van der Waals surface area contributed by atoms with E-state index < -0.39 is 0 Å². The standard InChI is InChI=1S/C14H17N5/c1-10(2)9-19-13(16)12(8-15)14(18-19)17-11-6-4-3-5-7-11/h3-7,10H,9,16H2,1-2H3,(H,17,18). The summed E-state index contributed by atoms with van der Waals surface area (Å²) >= 11 is 0. The zero-order chi connectivity index (χ0) is 13.8. The number of nitriles is 1. The van der Waals surface area contributed by atoms with Gasteiger partial charge in [0.05, 0.1) is 0 Å². The van der Waals surface area contributed by atoms with Gasteiger partial charge >= 0.3 is 0 Å². The van der Waals surface area contributed by atoms with Crippen LogP contribution < -0.4 is 11.1 Å². The molecule has 0 aliphatic heterocycles. The first-order valence-corrected chi connectivity index (χ1v) is 6.20. The fourth-order valence-electron chi connectivity index (χ4n) is 1.82. The van der Waals surface area contributed by atoms with Crippen molar-refractivity contribution in [1.82, 2.24) is 9.78 Å². The predicted octanol–water partition coefficient (Wildman–Crippen LogP) is 2.74. The first-order valence-electron chi connectivity index (χ1n) is 6.20. The molecule has 0 aliphatic rings. The monoisotopic (exact) mass is 255 g/mol. The number of aromatic nitrogens is 2. The lowest BCUT2D eigenvalue weighted by molar-refractivity contribution is 0.489. The van der Waals surface area contributed by atoms with Crippen LogP contribution in [0.25, 0.3) is 0 Å². The van der Waals surface area contributed by atoms with E-state index in [1.807, 2.05) is 30.3 Å². The molecule has 0 bridgehead atoms. The second-order valence-corrected chi connectivity index (χ2v) is 4.79. The molecule has 1 aromatic carbocycles. The van der Waals surface area contributed by atoms with Crippen molar-refractivity contribution in [1.29, 1.82) is 5.26 Å². The van der Waals surface area contributed by atoms with Gasteiger partial charge in [0, 0.05) is 12.2 Å². The van der Waals surface area contributed by atoms with E-state index in [2.05, 4.69) is 30.3 Å². The number of anilines is 3. The molecule has 0 spiro atoms. The van der Waals surface area contributed by atoms with E-state index in [0.717, 1.165) is 5.69 Å². The third-order valence-corrected chi connectivity index (χ3v) is 2.68. The Morgan fingerprint density at radius 1 is 1.37 bits per heavy atom. The van der Waals surface area contributed by atoms with Crippen LogP contribution in [0.3, 0.4) is 0 Å². The molecule has 0 saturated carbocycles. The summed E-state index contributed by atoms with van der Waals surface area (Å²) in [6, 6.07) is 11.7. The Labute approximate surface area is 112 Å². The third kappa shape index (κ3) is 2.86. The summed E-state index contributed by atoms with van der Waals surface area (Å²) < 4.78 is 1.68. The highest BCUT2D eigenvalue weighted by molar-refractivity contribution is 5.69. The number of benzene rings is 1. The Kier molecular flexibility index (Phi) is 3.71. The molecule has 0 fully saturated rings. The van der Waals surface area contributed by atoms with Crippen LogP contribution in [-0.4, -0.2) is 9.78 Å². The second kappa shape index (κ2) is 5.44. The SMILES string of the molecule is CC(C)Cn1nc(Nc2ccccc2)c(C#N)c1N. The Hall–Kier alpha value is -2.48. The molecule has 5 heteroatoms. The Bertz CT molecular complexity index is 592. The van der Waals surface area contributed by atoms with Gasteiger partial charge < -0.3 is 11.1 Å². The minimum atomic E-state index is 0.393. The van der Waals surface area contributed by atoms with Gasteiger partial charge in [0.1, 0.15) is 17.5 Å². The minimum absolute atomic E-state index is 0.393. The molecule has 2 rings (SSSR count). The van der Waals surface area contributed by atoms with Crippen LogP contribution in [0.4, 0.5) is 17.3 Å². The van der Waals surface area contributed by atoms with Crippen molar-refractivity contribution >= 4 is 17.3 Å². The number of hydrogen-bond donors (Lipinski definition) is 2. The zero-order valence-corrected chi connectivity index (χ0v) is 11.1. The van der Waals surface area contributed by atoms with Gasteiger partial charge in [-0.1, -0.05) is 32.0 Å². The number of nitrogen functional groups attached to an aromatic ring is 1. The van der Waals surface area contributed by atoms with Crippen LogP contribution >= 0.6 is 0 Å². The van der Waals surface area contributed by atoms with E-state index >= 15 is 0 Å². The maximum atomic E-state index is 9.20. The van der Waals surface area contributed by atoms with Crippen molar-refractivity contribution in [2.75, 3.05) is 11.1 Å². The van der Waals surface area contributed by atoms with Gasteiger partial charge in [-0.3, -0.25) is 0 Å². The molecule has 0 atom stereocenters. The highest BCUT2D eigenvalue weighted by atomic mass is 15.3. The quantitative estimate of drug-likeness (QED) is 0.880. The van der Waals surface area contributed by atoms with Crippen molar-refractivity contribution in [3.63, 3.8) is 0 Å². The molecule has 0 unspecified atom stereocenters. The van der Waals surface area contributed by atoms with Crippen molar-refractivity contribution in [3.05, 3.63) is 35.9 Å². The summed E-state index contributed by atoms with van der Waals surface area (Å²) in [6.07, 6.45) is 0. The number of hydrogen-bond acceptors (Lipinski definition) is 4. The first kappa shape index (κ1) is 13.0. The Morgan fingerprint density at radius 2 is 2.05 bits per heavy atom. The molecule has 1 heterocycles. The zero-order valence-electron chi connectivity index (χ0n) is 11.1. The summed E-state index contributed by atoms with van der Waals surface area (Å²) in [5.41, 5.74) is 7.23. The smallest absolute Gasteiger partial charge is 0.172 e. The van der Waals surface area contributed by atoms with Gasteiger partial charge in [-0.15, -0.1) is 0 Å². The van der Waals surface area contributed by atoms with Crippen LogP contribution in [0.1, 0.15) is 19.4 Å². The molecule has 0 radical (unpaired) electrons. The maximum absolute atomic E-state index is 9.20. The number of nitrogens with zero attached hydrogens (tertiary/aromatic N) is 3. The van der Waals surface area contributed by atoms with E-state index in [0.29, 0.717) is 29.7 Å².